The van der Waals surface area contributed by atoms with E-state index >= 15 is 0 Å². The second kappa shape index (κ2) is 7.06. The summed E-state index contributed by atoms with van der Waals surface area (Å²) in [5.74, 6) is -0.307. The van der Waals surface area contributed by atoms with Crippen molar-refractivity contribution in [2.45, 2.75) is 32.9 Å². The molecular formula is C18H23N5O2. The van der Waals surface area contributed by atoms with E-state index in [1.807, 2.05) is 49.1 Å². The standard InChI is InChI=1S/C18H23N5O2/c1-12-8-20-23(10-12)14(3)13(2)19-9-18(25)22-11-17(24)21-15-6-4-5-7-16(15)22/h4-8,10,13-14,19H,9,11H2,1-3H3,(H,21,24)/t13-,14-/m0/s1. The Labute approximate surface area is 147 Å². The Bertz CT molecular complexity index is 785. The molecule has 1 aromatic carbocycles. The van der Waals surface area contributed by atoms with E-state index in [9.17, 15) is 9.59 Å². The highest BCUT2D eigenvalue weighted by molar-refractivity contribution is 6.10. The van der Waals surface area contributed by atoms with Gasteiger partial charge in [0.2, 0.25) is 11.8 Å². The van der Waals surface area contributed by atoms with Crippen molar-refractivity contribution in [3.8, 4) is 0 Å². The molecular weight excluding hydrogens is 318 g/mol. The van der Waals surface area contributed by atoms with Crippen LogP contribution in [0.2, 0.25) is 0 Å². The van der Waals surface area contributed by atoms with Crippen molar-refractivity contribution in [1.29, 1.82) is 0 Å². The number of hydrogen-bond acceptors (Lipinski definition) is 4. The van der Waals surface area contributed by atoms with Crippen LogP contribution in [-0.4, -0.2) is 40.7 Å². The lowest BCUT2D eigenvalue weighted by molar-refractivity contribution is -0.121. The number of benzene rings is 1. The van der Waals surface area contributed by atoms with Crippen LogP contribution in [0.4, 0.5) is 11.4 Å². The first-order valence-electron chi connectivity index (χ1n) is 8.39. The molecule has 1 aliphatic heterocycles. The van der Waals surface area contributed by atoms with Crippen LogP contribution in [-0.2, 0) is 9.59 Å². The van der Waals surface area contributed by atoms with Crippen molar-refractivity contribution in [2.75, 3.05) is 23.3 Å². The molecule has 1 aliphatic rings. The molecule has 1 aromatic heterocycles. The second-order valence-corrected chi connectivity index (χ2v) is 6.45. The molecule has 7 heteroatoms. The maximum Gasteiger partial charge on any atom is 0.244 e. The van der Waals surface area contributed by atoms with Gasteiger partial charge in [-0.2, -0.15) is 5.10 Å². The number of carbonyl (C=O) groups is 2. The minimum absolute atomic E-state index is 0.0415. The smallest absolute Gasteiger partial charge is 0.244 e. The fraction of sp³-hybridized carbons (Fsp3) is 0.389. The number of anilines is 2. The maximum absolute atomic E-state index is 12.6. The van der Waals surface area contributed by atoms with Gasteiger partial charge in [-0.15, -0.1) is 0 Å². The van der Waals surface area contributed by atoms with Gasteiger partial charge >= 0.3 is 0 Å². The third kappa shape index (κ3) is 3.71. The van der Waals surface area contributed by atoms with Gasteiger partial charge < -0.3 is 10.6 Å². The summed E-state index contributed by atoms with van der Waals surface area (Å²) >= 11 is 0. The Morgan fingerprint density at radius 2 is 2.12 bits per heavy atom. The first-order chi connectivity index (χ1) is 12.0. The molecule has 2 heterocycles. The Hall–Kier alpha value is -2.67. The second-order valence-electron chi connectivity index (χ2n) is 6.45. The lowest BCUT2D eigenvalue weighted by Crippen LogP contribution is -2.47. The van der Waals surface area contributed by atoms with Crippen molar-refractivity contribution in [3.63, 3.8) is 0 Å². The van der Waals surface area contributed by atoms with E-state index in [0.29, 0.717) is 5.69 Å². The van der Waals surface area contributed by atoms with Crippen LogP contribution in [0.1, 0.15) is 25.5 Å². The molecule has 132 valence electrons. The highest BCUT2D eigenvalue weighted by atomic mass is 16.2. The molecule has 0 fully saturated rings. The van der Waals surface area contributed by atoms with Crippen molar-refractivity contribution < 1.29 is 9.59 Å². The van der Waals surface area contributed by atoms with Crippen LogP contribution in [0.3, 0.4) is 0 Å². The monoisotopic (exact) mass is 341 g/mol. The van der Waals surface area contributed by atoms with Gasteiger partial charge in [0.05, 0.1) is 30.2 Å². The van der Waals surface area contributed by atoms with Gasteiger partial charge in [-0.05, 0) is 38.5 Å². The number of hydrogen-bond donors (Lipinski definition) is 2. The fourth-order valence-corrected chi connectivity index (χ4v) is 2.85. The zero-order valence-electron chi connectivity index (χ0n) is 14.7. The maximum atomic E-state index is 12.6. The van der Waals surface area contributed by atoms with Crippen molar-refractivity contribution in [1.82, 2.24) is 15.1 Å². The van der Waals surface area contributed by atoms with Gasteiger partial charge in [-0.1, -0.05) is 12.1 Å². The average Bonchev–Trinajstić information content (AvgIpc) is 3.04. The topological polar surface area (TPSA) is 79.3 Å². The van der Waals surface area contributed by atoms with Gasteiger partial charge in [0.1, 0.15) is 6.54 Å². The summed E-state index contributed by atoms with van der Waals surface area (Å²) in [4.78, 5) is 26.0. The van der Waals surface area contributed by atoms with Gasteiger partial charge in [-0.25, -0.2) is 0 Å². The average molecular weight is 341 g/mol. The predicted octanol–water partition coefficient (Wildman–Crippen LogP) is 1.72. The summed E-state index contributed by atoms with van der Waals surface area (Å²) in [7, 11) is 0. The van der Waals surface area contributed by atoms with Crippen molar-refractivity contribution >= 4 is 23.2 Å². The number of fused-ring (bicyclic) bond motifs is 1. The highest BCUT2D eigenvalue weighted by Crippen LogP contribution is 2.28. The normalized spacial score (nSPS) is 16.1. The third-order valence-electron chi connectivity index (χ3n) is 4.52. The summed E-state index contributed by atoms with van der Waals surface area (Å²) in [6, 6.07) is 7.49. The molecule has 7 nitrogen and oxygen atoms in total. The third-order valence-corrected chi connectivity index (χ3v) is 4.52. The molecule has 2 amide bonds. The minimum atomic E-state index is -0.180. The molecule has 0 aliphatic carbocycles. The zero-order valence-corrected chi connectivity index (χ0v) is 14.7. The van der Waals surface area contributed by atoms with E-state index < -0.39 is 0 Å². The van der Waals surface area contributed by atoms with Gasteiger partial charge in [0.15, 0.2) is 0 Å². The summed E-state index contributed by atoms with van der Waals surface area (Å²) < 4.78 is 1.89. The van der Waals surface area contributed by atoms with Gasteiger partial charge in [-0.3, -0.25) is 19.2 Å². The lowest BCUT2D eigenvalue weighted by atomic mass is 10.1. The number of rotatable bonds is 5. The summed E-state index contributed by atoms with van der Waals surface area (Å²) in [5.41, 5.74) is 2.50. The van der Waals surface area contributed by atoms with Crippen LogP contribution in [0.5, 0.6) is 0 Å². The molecule has 0 spiro atoms. The molecule has 2 atom stereocenters. The molecule has 0 radical (unpaired) electrons. The molecule has 0 bridgehead atoms. The molecule has 0 saturated heterocycles. The Morgan fingerprint density at radius 1 is 1.36 bits per heavy atom. The SMILES string of the molecule is Cc1cnn([C@@H](C)[C@H](C)NCC(=O)N2CC(=O)Nc3ccccc32)c1. The minimum Gasteiger partial charge on any atom is -0.323 e. The summed E-state index contributed by atoms with van der Waals surface area (Å²) in [6.07, 6.45) is 3.80. The predicted molar refractivity (Wildman–Crippen MR) is 96.6 cm³/mol. The van der Waals surface area contributed by atoms with E-state index in [-0.39, 0.29) is 37.0 Å². The molecule has 25 heavy (non-hydrogen) atoms. The zero-order chi connectivity index (χ0) is 18.0. The van der Waals surface area contributed by atoms with Gasteiger partial charge in [0.25, 0.3) is 0 Å². The summed E-state index contributed by atoms with van der Waals surface area (Å²) in [5, 5.41) is 10.4. The van der Waals surface area contributed by atoms with E-state index in [1.165, 1.54) is 4.90 Å². The Kier molecular flexibility index (Phi) is 4.85. The molecule has 2 aromatic rings. The Morgan fingerprint density at radius 3 is 2.84 bits per heavy atom. The van der Waals surface area contributed by atoms with E-state index in [4.69, 9.17) is 0 Å². The van der Waals surface area contributed by atoms with Crippen LogP contribution in [0, 0.1) is 6.92 Å². The van der Waals surface area contributed by atoms with Crippen LogP contribution < -0.4 is 15.5 Å². The van der Waals surface area contributed by atoms with Crippen LogP contribution in [0.25, 0.3) is 0 Å². The number of para-hydroxylation sites is 2. The summed E-state index contributed by atoms with van der Waals surface area (Å²) in [6.45, 7) is 6.27. The number of nitrogens with one attached hydrogen (secondary N) is 2. The van der Waals surface area contributed by atoms with Crippen LogP contribution in [0.15, 0.2) is 36.7 Å². The molecule has 0 unspecified atom stereocenters. The number of nitrogens with zero attached hydrogens (tertiary/aromatic N) is 3. The molecule has 2 N–H and O–H groups in total. The number of aromatic nitrogens is 2. The fourth-order valence-electron chi connectivity index (χ4n) is 2.85. The quantitative estimate of drug-likeness (QED) is 0.868. The molecule has 0 saturated carbocycles. The first kappa shape index (κ1) is 17.2. The number of aryl methyl sites for hydroxylation is 1. The van der Waals surface area contributed by atoms with Gasteiger partial charge in [0, 0.05) is 12.2 Å². The van der Waals surface area contributed by atoms with E-state index in [2.05, 4.69) is 22.7 Å². The largest absolute Gasteiger partial charge is 0.323 e. The first-order valence-corrected chi connectivity index (χ1v) is 8.39. The number of carbonyl (C=O) groups excluding carboxylic acids is 2. The van der Waals surface area contributed by atoms with E-state index in [0.717, 1.165) is 11.3 Å². The highest BCUT2D eigenvalue weighted by Gasteiger charge is 2.27. The lowest BCUT2D eigenvalue weighted by Gasteiger charge is -2.30. The number of amides is 2. The molecule has 3 rings (SSSR count). The van der Waals surface area contributed by atoms with Crippen molar-refractivity contribution in [2.24, 2.45) is 0 Å². The van der Waals surface area contributed by atoms with E-state index in [1.54, 1.807) is 6.07 Å². The van der Waals surface area contributed by atoms with Crippen LogP contribution >= 0.6 is 0 Å². The Balaban J connectivity index is 1.64. The van der Waals surface area contributed by atoms with Crippen molar-refractivity contribution in [3.05, 3.63) is 42.2 Å².